The van der Waals surface area contributed by atoms with E-state index in [0.29, 0.717) is 11.3 Å². The van der Waals surface area contributed by atoms with Crippen molar-refractivity contribution in [2.75, 3.05) is 11.4 Å². The molecule has 17 heavy (non-hydrogen) atoms. The second kappa shape index (κ2) is 5.63. The van der Waals surface area contributed by atoms with Gasteiger partial charge in [-0.2, -0.15) is 0 Å². The molecular formula is C12H18FN3O. The van der Waals surface area contributed by atoms with E-state index in [2.05, 4.69) is 0 Å². The zero-order valence-corrected chi connectivity index (χ0v) is 10.1. The van der Waals surface area contributed by atoms with Crippen LogP contribution >= 0.6 is 0 Å². The van der Waals surface area contributed by atoms with Crippen LogP contribution < -0.4 is 16.4 Å². The Morgan fingerprint density at radius 2 is 2.12 bits per heavy atom. The molecule has 0 bridgehead atoms. The molecule has 0 aliphatic heterocycles. The molecule has 4 nitrogen and oxygen atoms in total. The largest absolute Gasteiger partial charge is 0.368 e. The Hall–Kier alpha value is -1.62. The van der Waals surface area contributed by atoms with Gasteiger partial charge in [-0.05, 0) is 26.0 Å². The van der Waals surface area contributed by atoms with E-state index >= 15 is 0 Å². The molecule has 0 saturated carbocycles. The molecule has 94 valence electrons. The molecule has 0 spiro atoms. The van der Waals surface area contributed by atoms with Gasteiger partial charge in [0, 0.05) is 23.8 Å². The van der Waals surface area contributed by atoms with Gasteiger partial charge in [-0.1, -0.05) is 6.07 Å². The average molecular weight is 239 g/mol. The van der Waals surface area contributed by atoms with Crippen LogP contribution in [0.5, 0.6) is 0 Å². The maximum absolute atomic E-state index is 13.6. The van der Waals surface area contributed by atoms with Gasteiger partial charge < -0.3 is 16.4 Å². The highest BCUT2D eigenvalue weighted by Gasteiger charge is 2.17. The summed E-state index contributed by atoms with van der Waals surface area (Å²) in [5, 5.41) is 0. The number of rotatable bonds is 5. The average Bonchev–Trinajstić information content (AvgIpc) is 2.25. The number of nitrogens with two attached hydrogens (primary N) is 2. The molecular weight excluding hydrogens is 221 g/mol. The maximum atomic E-state index is 13.6. The van der Waals surface area contributed by atoms with E-state index in [1.807, 2.05) is 13.8 Å². The minimum absolute atomic E-state index is 0.0367. The van der Waals surface area contributed by atoms with E-state index in [9.17, 15) is 9.18 Å². The summed E-state index contributed by atoms with van der Waals surface area (Å²) in [5.74, 6) is -0.814. The SMILES string of the molecule is CC(C)N(CC(N)=O)c1cccc(F)c1CN. The molecule has 4 N–H and O–H groups in total. The van der Waals surface area contributed by atoms with Gasteiger partial charge in [-0.15, -0.1) is 0 Å². The Morgan fingerprint density at radius 3 is 2.59 bits per heavy atom. The van der Waals surface area contributed by atoms with Crippen molar-refractivity contribution in [2.24, 2.45) is 11.5 Å². The van der Waals surface area contributed by atoms with E-state index < -0.39 is 5.91 Å². The smallest absolute Gasteiger partial charge is 0.236 e. The fraction of sp³-hybridized carbons (Fsp3) is 0.417. The van der Waals surface area contributed by atoms with Gasteiger partial charge in [0.15, 0.2) is 0 Å². The van der Waals surface area contributed by atoms with Crippen molar-refractivity contribution in [2.45, 2.75) is 26.4 Å². The second-order valence-electron chi connectivity index (χ2n) is 4.13. The Labute approximate surface area is 100 Å². The number of anilines is 1. The lowest BCUT2D eigenvalue weighted by Crippen LogP contribution is -2.39. The molecule has 0 unspecified atom stereocenters. The Kier molecular flexibility index (Phi) is 4.45. The second-order valence-corrected chi connectivity index (χ2v) is 4.13. The molecule has 1 amide bonds. The first-order chi connectivity index (χ1) is 7.97. The molecule has 0 radical (unpaired) electrons. The van der Waals surface area contributed by atoms with E-state index in [-0.39, 0.29) is 24.9 Å². The van der Waals surface area contributed by atoms with Crippen LogP contribution in [-0.4, -0.2) is 18.5 Å². The summed E-state index contributed by atoms with van der Waals surface area (Å²) >= 11 is 0. The summed E-state index contributed by atoms with van der Waals surface area (Å²) in [7, 11) is 0. The van der Waals surface area contributed by atoms with Crippen molar-refractivity contribution in [1.82, 2.24) is 0 Å². The first kappa shape index (κ1) is 13.4. The normalized spacial score (nSPS) is 10.6. The highest BCUT2D eigenvalue weighted by atomic mass is 19.1. The molecule has 0 fully saturated rings. The molecule has 1 rings (SSSR count). The zero-order valence-electron chi connectivity index (χ0n) is 10.1. The van der Waals surface area contributed by atoms with Crippen LogP contribution in [-0.2, 0) is 11.3 Å². The lowest BCUT2D eigenvalue weighted by atomic mass is 10.1. The van der Waals surface area contributed by atoms with Crippen LogP contribution in [0.15, 0.2) is 18.2 Å². The summed E-state index contributed by atoms with van der Waals surface area (Å²) in [5.41, 5.74) is 11.8. The molecule has 0 heterocycles. The predicted octanol–water partition coefficient (Wildman–Crippen LogP) is 0.984. The molecule has 0 saturated heterocycles. The van der Waals surface area contributed by atoms with Gasteiger partial charge in [0.25, 0.3) is 0 Å². The molecule has 1 aromatic rings. The summed E-state index contributed by atoms with van der Waals surface area (Å²) in [6.45, 7) is 3.96. The summed E-state index contributed by atoms with van der Waals surface area (Å²) < 4.78 is 13.6. The summed E-state index contributed by atoms with van der Waals surface area (Å²) in [6.07, 6.45) is 0. The third-order valence-electron chi connectivity index (χ3n) is 2.56. The number of hydrogen-bond donors (Lipinski definition) is 2. The molecule has 5 heteroatoms. The highest BCUT2D eigenvalue weighted by Crippen LogP contribution is 2.24. The zero-order chi connectivity index (χ0) is 13.0. The van der Waals surface area contributed by atoms with E-state index in [0.717, 1.165) is 0 Å². The van der Waals surface area contributed by atoms with Crippen LogP contribution in [0.2, 0.25) is 0 Å². The van der Waals surface area contributed by atoms with Crippen molar-refractivity contribution in [1.29, 1.82) is 0 Å². The van der Waals surface area contributed by atoms with Crippen molar-refractivity contribution in [3.05, 3.63) is 29.6 Å². The maximum Gasteiger partial charge on any atom is 0.236 e. The number of primary amides is 1. The van der Waals surface area contributed by atoms with Gasteiger partial charge in [0.2, 0.25) is 5.91 Å². The lowest BCUT2D eigenvalue weighted by Gasteiger charge is -2.29. The van der Waals surface area contributed by atoms with Crippen molar-refractivity contribution in [3.63, 3.8) is 0 Å². The summed E-state index contributed by atoms with van der Waals surface area (Å²) in [6, 6.07) is 4.73. The highest BCUT2D eigenvalue weighted by molar-refractivity contribution is 5.80. The fourth-order valence-corrected chi connectivity index (χ4v) is 1.73. The first-order valence-corrected chi connectivity index (χ1v) is 5.49. The van der Waals surface area contributed by atoms with Gasteiger partial charge >= 0.3 is 0 Å². The third-order valence-corrected chi connectivity index (χ3v) is 2.56. The summed E-state index contributed by atoms with van der Waals surface area (Å²) in [4.78, 5) is 12.8. The van der Waals surface area contributed by atoms with Crippen LogP contribution in [0.3, 0.4) is 0 Å². The minimum Gasteiger partial charge on any atom is -0.368 e. The molecule has 0 atom stereocenters. The van der Waals surface area contributed by atoms with Crippen molar-refractivity contribution < 1.29 is 9.18 Å². The number of hydrogen-bond acceptors (Lipinski definition) is 3. The Bertz CT molecular complexity index is 407. The number of halogens is 1. The molecule has 0 aliphatic rings. The van der Waals surface area contributed by atoms with Gasteiger partial charge in [0.05, 0.1) is 6.54 Å². The van der Waals surface area contributed by atoms with E-state index in [4.69, 9.17) is 11.5 Å². The van der Waals surface area contributed by atoms with Crippen molar-refractivity contribution >= 4 is 11.6 Å². The van der Waals surface area contributed by atoms with Crippen molar-refractivity contribution in [3.8, 4) is 0 Å². The van der Waals surface area contributed by atoms with Crippen LogP contribution in [0.1, 0.15) is 19.4 Å². The standard InChI is InChI=1S/C12H18FN3O/c1-8(2)16(7-12(15)17)11-5-3-4-10(13)9(11)6-14/h3-5,8H,6-7,14H2,1-2H3,(H2,15,17). The third kappa shape index (κ3) is 3.17. The van der Waals surface area contributed by atoms with Crippen LogP contribution in [0.25, 0.3) is 0 Å². The fourth-order valence-electron chi connectivity index (χ4n) is 1.73. The van der Waals surface area contributed by atoms with Gasteiger partial charge in [-0.25, -0.2) is 4.39 Å². The van der Waals surface area contributed by atoms with Crippen LogP contribution in [0, 0.1) is 5.82 Å². The minimum atomic E-state index is -0.453. The number of carbonyl (C=O) groups is 1. The quantitative estimate of drug-likeness (QED) is 0.804. The molecule has 1 aromatic carbocycles. The first-order valence-electron chi connectivity index (χ1n) is 5.49. The number of benzene rings is 1. The molecule has 0 aromatic heterocycles. The van der Waals surface area contributed by atoms with E-state index in [1.54, 1.807) is 17.0 Å². The monoisotopic (exact) mass is 239 g/mol. The number of carbonyl (C=O) groups excluding carboxylic acids is 1. The topological polar surface area (TPSA) is 72.3 Å². The van der Waals surface area contributed by atoms with Gasteiger partial charge in [-0.3, -0.25) is 4.79 Å². The number of nitrogens with zero attached hydrogens (tertiary/aromatic N) is 1. The predicted molar refractivity (Wildman–Crippen MR) is 66.0 cm³/mol. The van der Waals surface area contributed by atoms with Gasteiger partial charge in [0.1, 0.15) is 5.82 Å². The Balaban J connectivity index is 3.18. The van der Waals surface area contributed by atoms with E-state index in [1.165, 1.54) is 6.07 Å². The lowest BCUT2D eigenvalue weighted by molar-refractivity contribution is -0.116. The van der Waals surface area contributed by atoms with Crippen LogP contribution in [0.4, 0.5) is 10.1 Å². The Morgan fingerprint density at radius 1 is 1.47 bits per heavy atom. The molecule has 0 aliphatic carbocycles. The number of amides is 1.